The van der Waals surface area contributed by atoms with Crippen molar-refractivity contribution >= 4 is 16.7 Å². The first-order chi connectivity index (χ1) is 10.2. The molecule has 3 aromatic rings. The highest BCUT2D eigenvalue weighted by atomic mass is 16.6. The third-order valence-corrected chi connectivity index (χ3v) is 3.45. The summed E-state index contributed by atoms with van der Waals surface area (Å²) in [6, 6.07) is 8.73. The second-order valence-electron chi connectivity index (χ2n) is 4.87. The van der Waals surface area contributed by atoms with Gasteiger partial charge in [0.2, 0.25) is 0 Å². The Kier molecular flexibility index (Phi) is 2.44. The number of rotatable bonds is 1. The number of imidazole rings is 1. The maximum atomic E-state index is 9.49. The number of ether oxygens (including phenoxy) is 2. The monoisotopic (exact) mass is 283 g/mol. The second-order valence-corrected chi connectivity index (χ2v) is 4.87. The summed E-state index contributed by atoms with van der Waals surface area (Å²) in [4.78, 5) is 7.76. The number of nitrogens with zero attached hydrogens (tertiary/aromatic N) is 1. The molecule has 2 heterocycles. The fourth-order valence-electron chi connectivity index (χ4n) is 2.39. The van der Waals surface area contributed by atoms with E-state index in [1.807, 2.05) is 12.1 Å². The second kappa shape index (κ2) is 4.31. The van der Waals surface area contributed by atoms with Gasteiger partial charge < -0.3 is 25.3 Å². The van der Waals surface area contributed by atoms with E-state index in [-0.39, 0.29) is 5.75 Å². The zero-order chi connectivity index (χ0) is 14.4. The molecular weight excluding hydrogens is 270 g/mol. The van der Waals surface area contributed by atoms with Crippen LogP contribution in [0.25, 0.3) is 22.4 Å². The molecule has 0 atom stereocenters. The van der Waals surface area contributed by atoms with Gasteiger partial charge in [-0.3, -0.25) is 0 Å². The molecule has 1 aromatic heterocycles. The van der Waals surface area contributed by atoms with E-state index >= 15 is 0 Å². The average Bonchev–Trinajstić information content (AvgIpc) is 2.90. The molecular formula is C15H13N3O3. The van der Waals surface area contributed by atoms with E-state index in [2.05, 4.69) is 9.97 Å². The highest BCUT2D eigenvalue weighted by molar-refractivity contribution is 5.83. The van der Waals surface area contributed by atoms with E-state index in [0.29, 0.717) is 36.2 Å². The van der Waals surface area contributed by atoms with E-state index in [1.165, 1.54) is 0 Å². The predicted molar refractivity (Wildman–Crippen MR) is 78.6 cm³/mol. The minimum absolute atomic E-state index is 0.0622. The third-order valence-electron chi connectivity index (χ3n) is 3.45. The Morgan fingerprint density at radius 3 is 2.62 bits per heavy atom. The minimum Gasteiger partial charge on any atom is -0.506 e. The molecule has 0 aliphatic carbocycles. The predicted octanol–water partition coefficient (Wildman–Crippen LogP) is 2.29. The first-order valence-electron chi connectivity index (χ1n) is 6.59. The number of phenols is 1. The lowest BCUT2D eigenvalue weighted by molar-refractivity contribution is 0.172. The van der Waals surface area contributed by atoms with Crippen molar-refractivity contribution < 1.29 is 14.6 Å². The number of nitrogens with two attached hydrogens (primary N) is 1. The van der Waals surface area contributed by atoms with Crippen molar-refractivity contribution in [3.8, 4) is 28.6 Å². The summed E-state index contributed by atoms with van der Waals surface area (Å²) in [6.45, 7) is 1.10. The SMILES string of the molecule is Nc1cc(-c2nc3cc4c(cc3[nH]2)OCCO4)ccc1O. The van der Waals surface area contributed by atoms with Crippen molar-refractivity contribution in [2.45, 2.75) is 0 Å². The Labute approximate surface area is 120 Å². The van der Waals surface area contributed by atoms with Crippen LogP contribution in [0.15, 0.2) is 30.3 Å². The van der Waals surface area contributed by atoms with Gasteiger partial charge >= 0.3 is 0 Å². The van der Waals surface area contributed by atoms with Gasteiger partial charge in [-0.25, -0.2) is 4.98 Å². The molecule has 0 radical (unpaired) electrons. The Hall–Kier alpha value is -2.89. The number of phenolic OH excluding ortho intramolecular Hbond substituents is 1. The Morgan fingerprint density at radius 2 is 1.86 bits per heavy atom. The third kappa shape index (κ3) is 1.92. The molecule has 0 saturated heterocycles. The lowest BCUT2D eigenvalue weighted by atomic mass is 10.2. The average molecular weight is 283 g/mol. The van der Waals surface area contributed by atoms with Crippen LogP contribution in [0.4, 0.5) is 5.69 Å². The number of hydrogen-bond donors (Lipinski definition) is 3. The number of nitrogens with one attached hydrogen (secondary N) is 1. The number of aromatic hydroxyl groups is 1. The normalized spacial score (nSPS) is 13.5. The molecule has 1 aliphatic rings. The summed E-state index contributed by atoms with van der Waals surface area (Å²) in [5, 5.41) is 9.49. The molecule has 21 heavy (non-hydrogen) atoms. The fourth-order valence-corrected chi connectivity index (χ4v) is 2.39. The van der Waals surface area contributed by atoms with Gasteiger partial charge in [0.05, 0.1) is 16.7 Å². The number of aromatic nitrogens is 2. The summed E-state index contributed by atoms with van der Waals surface area (Å²) in [5.74, 6) is 2.16. The maximum absolute atomic E-state index is 9.49. The van der Waals surface area contributed by atoms with Crippen molar-refractivity contribution in [2.24, 2.45) is 0 Å². The number of benzene rings is 2. The summed E-state index contributed by atoms with van der Waals surface area (Å²) in [7, 11) is 0. The molecule has 2 aromatic carbocycles. The molecule has 0 saturated carbocycles. The van der Waals surface area contributed by atoms with Gasteiger partial charge in [-0.05, 0) is 18.2 Å². The summed E-state index contributed by atoms with van der Waals surface area (Å²) >= 11 is 0. The van der Waals surface area contributed by atoms with Crippen molar-refractivity contribution in [1.82, 2.24) is 9.97 Å². The summed E-state index contributed by atoms with van der Waals surface area (Å²) < 4.78 is 11.1. The molecule has 0 spiro atoms. The van der Waals surface area contributed by atoms with Crippen LogP contribution in [0, 0.1) is 0 Å². The van der Waals surface area contributed by atoms with Crippen molar-refractivity contribution in [3.63, 3.8) is 0 Å². The highest BCUT2D eigenvalue weighted by Gasteiger charge is 2.15. The molecule has 0 amide bonds. The van der Waals surface area contributed by atoms with Gasteiger partial charge in [0.25, 0.3) is 0 Å². The standard InChI is InChI=1S/C15H13N3O3/c16-9-5-8(1-2-12(9)19)15-17-10-6-13-14(7-11(10)18-15)21-4-3-20-13/h1-2,5-7,19H,3-4,16H2,(H,17,18). The van der Waals surface area contributed by atoms with Gasteiger partial charge in [-0.1, -0.05) is 0 Å². The molecule has 4 rings (SSSR count). The number of H-pyrrole nitrogens is 1. The number of aromatic amines is 1. The molecule has 4 N–H and O–H groups in total. The van der Waals surface area contributed by atoms with Crippen LogP contribution < -0.4 is 15.2 Å². The lowest BCUT2D eigenvalue weighted by Gasteiger charge is -2.17. The van der Waals surface area contributed by atoms with Crippen LogP contribution in [0.2, 0.25) is 0 Å². The van der Waals surface area contributed by atoms with Gasteiger partial charge in [0, 0.05) is 17.7 Å². The van der Waals surface area contributed by atoms with Crippen LogP contribution in [0.1, 0.15) is 0 Å². The smallest absolute Gasteiger partial charge is 0.163 e. The summed E-state index contributed by atoms with van der Waals surface area (Å²) in [5.41, 5.74) is 8.50. The van der Waals surface area contributed by atoms with E-state index < -0.39 is 0 Å². The zero-order valence-corrected chi connectivity index (χ0v) is 11.1. The largest absolute Gasteiger partial charge is 0.506 e. The number of fused-ring (bicyclic) bond motifs is 2. The maximum Gasteiger partial charge on any atom is 0.163 e. The number of nitrogen functional groups attached to an aromatic ring is 1. The molecule has 0 fully saturated rings. The fraction of sp³-hybridized carbons (Fsp3) is 0.133. The Morgan fingerprint density at radius 1 is 1.10 bits per heavy atom. The number of anilines is 1. The van der Waals surface area contributed by atoms with E-state index in [9.17, 15) is 5.11 Å². The van der Waals surface area contributed by atoms with Gasteiger partial charge in [-0.15, -0.1) is 0 Å². The molecule has 6 nitrogen and oxygen atoms in total. The molecule has 1 aliphatic heterocycles. The van der Waals surface area contributed by atoms with E-state index in [4.69, 9.17) is 15.2 Å². The highest BCUT2D eigenvalue weighted by Crippen LogP contribution is 2.35. The minimum atomic E-state index is 0.0622. The van der Waals surface area contributed by atoms with Crippen LogP contribution in [-0.2, 0) is 0 Å². The van der Waals surface area contributed by atoms with Crippen molar-refractivity contribution in [1.29, 1.82) is 0 Å². The first-order valence-corrected chi connectivity index (χ1v) is 6.59. The zero-order valence-electron chi connectivity index (χ0n) is 11.1. The van der Waals surface area contributed by atoms with Gasteiger partial charge in [-0.2, -0.15) is 0 Å². The van der Waals surface area contributed by atoms with Crippen molar-refractivity contribution in [2.75, 3.05) is 18.9 Å². The van der Waals surface area contributed by atoms with Crippen LogP contribution in [0.3, 0.4) is 0 Å². The van der Waals surface area contributed by atoms with E-state index in [1.54, 1.807) is 18.2 Å². The Balaban J connectivity index is 1.84. The van der Waals surface area contributed by atoms with Gasteiger partial charge in [0.1, 0.15) is 24.8 Å². The van der Waals surface area contributed by atoms with E-state index in [0.717, 1.165) is 16.6 Å². The van der Waals surface area contributed by atoms with Crippen LogP contribution in [0.5, 0.6) is 17.2 Å². The Bertz CT molecular complexity index is 799. The molecule has 0 unspecified atom stereocenters. The summed E-state index contributed by atoms with van der Waals surface area (Å²) in [6.07, 6.45) is 0. The molecule has 106 valence electrons. The van der Waals surface area contributed by atoms with Gasteiger partial charge in [0.15, 0.2) is 11.5 Å². The molecule has 6 heteroatoms. The first kappa shape index (κ1) is 11.9. The lowest BCUT2D eigenvalue weighted by Crippen LogP contribution is -2.15. The van der Waals surface area contributed by atoms with Crippen LogP contribution in [-0.4, -0.2) is 28.3 Å². The topological polar surface area (TPSA) is 93.4 Å². The quantitative estimate of drug-likeness (QED) is 0.470. The van der Waals surface area contributed by atoms with Crippen molar-refractivity contribution in [3.05, 3.63) is 30.3 Å². The van der Waals surface area contributed by atoms with Crippen LogP contribution >= 0.6 is 0 Å². The number of hydrogen-bond acceptors (Lipinski definition) is 5. The molecule has 0 bridgehead atoms.